The average molecular weight is 414 g/mol. The minimum atomic E-state index is -0.421. The number of fused-ring (bicyclic) bond motifs is 1. The van der Waals surface area contributed by atoms with E-state index in [2.05, 4.69) is 14.9 Å². The van der Waals surface area contributed by atoms with Crippen LogP contribution in [0, 0.1) is 0 Å². The van der Waals surface area contributed by atoms with Gasteiger partial charge in [0.15, 0.2) is 16.9 Å². The predicted molar refractivity (Wildman–Crippen MR) is 110 cm³/mol. The number of carbonyl (C=O) groups excluding carboxylic acids is 1. The van der Waals surface area contributed by atoms with Gasteiger partial charge in [-0.2, -0.15) is 0 Å². The molecule has 1 aliphatic heterocycles. The molecule has 1 fully saturated rings. The number of hydrogen-bond donors (Lipinski definition) is 1. The van der Waals surface area contributed by atoms with Crippen LogP contribution < -0.4 is 11.2 Å². The van der Waals surface area contributed by atoms with Crippen LogP contribution in [0.3, 0.4) is 0 Å². The van der Waals surface area contributed by atoms with Crippen molar-refractivity contribution in [3.05, 3.63) is 50.8 Å². The van der Waals surface area contributed by atoms with E-state index in [9.17, 15) is 14.4 Å². The number of aromatic amines is 1. The van der Waals surface area contributed by atoms with E-state index >= 15 is 0 Å². The number of hydrogen-bond acceptors (Lipinski definition) is 6. The van der Waals surface area contributed by atoms with E-state index in [0.29, 0.717) is 56.2 Å². The summed E-state index contributed by atoms with van der Waals surface area (Å²) in [6, 6.07) is 3.38. The Morgan fingerprint density at radius 3 is 2.67 bits per heavy atom. The molecule has 0 aliphatic carbocycles. The number of nitrogens with one attached hydrogen (secondary N) is 1. The first-order chi connectivity index (χ1) is 14.5. The molecule has 4 rings (SSSR count). The van der Waals surface area contributed by atoms with Crippen LogP contribution in [-0.4, -0.2) is 61.0 Å². The third-order valence-electron chi connectivity index (χ3n) is 5.60. The summed E-state index contributed by atoms with van der Waals surface area (Å²) in [5.74, 6) is 0.967. The van der Waals surface area contributed by atoms with Gasteiger partial charge in [-0.05, 0) is 18.6 Å². The lowest BCUT2D eigenvalue weighted by atomic mass is 10.3. The van der Waals surface area contributed by atoms with Gasteiger partial charge in [0, 0.05) is 39.8 Å². The minimum Gasteiger partial charge on any atom is -0.459 e. The highest BCUT2D eigenvalue weighted by Gasteiger charge is 2.25. The molecule has 1 aliphatic rings. The Bertz CT molecular complexity index is 1150. The fourth-order valence-corrected chi connectivity index (χ4v) is 3.82. The van der Waals surface area contributed by atoms with Gasteiger partial charge in [0.1, 0.15) is 5.82 Å². The molecular weight excluding hydrogens is 388 g/mol. The van der Waals surface area contributed by atoms with Crippen molar-refractivity contribution in [2.45, 2.75) is 32.9 Å². The summed E-state index contributed by atoms with van der Waals surface area (Å²) in [7, 11) is 1.80. The Morgan fingerprint density at radius 1 is 1.23 bits per heavy atom. The number of nitrogens with zero attached hydrogens (tertiary/aromatic N) is 5. The van der Waals surface area contributed by atoms with Crippen molar-refractivity contribution in [2.75, 3.05) is 26.2 Å². The predicted octanol–water partition coefficient (Wildman–Crippen LogP) is 0.774. The number of H-pyrrole nitrogens is 1. The zero-order valence-electron chi connectivity index (χ0n) is 17.3. The highest BCUT2D eigenvalue weighted by Crippen LogP contribution is 2.15. The number of aromatic nitrogens is 4. The molecule has 3 aromatic heterocycles. The molecule has 0 unspecified atom stereocenters. The van der Waals surface area contributed by atoms with Crippen LogP contribution in [0.1, 0.15) is 36.1 Å². The Kier molecular flexibility index (Phi) is 5.58. The Labute approximate surface area is 172 Å². The van der Waals surface area contributed by atoms with Gasteiger partial charge in [0.2, 0.25) is 0 Å². The number of furan rings is 1. The standard InChI is InChI=1S/C20H26N6O4/c1-3-4-7-26-17-16(18(27)22-20(26)29)23(2)15(21-17)13-24-8-10-25(11-9-24)19(28)14-6-5-12-30-14/h5-6,12H,3-4,7-11,13H2,1-2H3,(H,22,27,29). The molecule has 4 heterocycles. The van der Waals surface area contributed by atoms with Crippen molar-refractivity contribution in [2.24, 2.45) is 7.05 Å². The number of aryl methyl sites for hydroxylation is 2. The van der Waals surface area contributed by atoms with E-state index in [1.165, 1.54) is 6.26 Å². The van der Waals surface area contributed by atoms with Gasteiger partial charge in [-0.25, -0.2) is 9.78 Å². The summed E-state index contributed by atoms with van der Waals surface area (Å²) < 4.78 is 8.51. The molecule has 0 spiro atoms. The van der Waals surface area contributed by atoms with Gasteiger partial charge in [-0.15, -0.1) is 0 Å². The molecule has 1 N–H and O–H groups in total. The third-order valence-corrected chi connectivity index (χ3v) is 5.60. The monoisotopic (exact) mass is 414 g/mol. The SMILES string of the molecule is CCCCn1c(=O)[nH]c(=O)c2c1nc(CN1CCN(C(=O)c3ccco3)CC1)n2C. The normalized spacial score (nSPS) is 15.2. The smallest absolute Gasteiger partial charge is 0.330 e. The fraction of sp³-hybridized carbons (Fsp3) is 0.500. The maximum atomic E-state index is 12.4. The molecule has 1 amide bonds. The molecule has 0 saturated carbocycles. The molecule has 30 heavy (non-hydrogen) atoms. The maximum absolute atomic E-state index is 12.4. The van der Waals surface area contributed by atoms with E-state index < -0.39 is 11.2 Å². The molecule has 0 radical (unpaired) electrons. The lowest BCUT2D eigenvalue weighted by Crippen LogP contribution is -2.48. The van der Waals surface area contributed by atoms with Crippen molar-refractivity contribution in [3.8, 4) is 0 Å². The number of carbonyl (C=O) groups is 1. The lowest BCUT2D eigenvalue weighted by molar-refractivity contribution is 0.0594. The molecule has 160 valence electrons. The zero-order valence-corrected chi connectivity index (χ0v) is 17.3. The van der Waals surface area contributed by atoms with Gasteiger partial charge < -0.3 is 13.9 Å². The number of imidazole rings is 1. The topological polar surface area (TPSA) is 109 Å². The van der Waals surface area contributed by atoms with Crippen LogP contribution in [0.2, 0.25) is 0 Å². The fourth-order valence-electron chi connectivity index (χ4n) is 3.82. The summed E-state index contributed by atoms with van der Waals surface area (Å²) in [6.07, 6.45) is 3.27. The molecule has 3 aromatic rings. The second-order valence-electron chi connectivity index (χ2n) is 7.57. The first-order valence-corrected chi connectivity index (χ1v) is 10.2. The molecular formula is C20H26N6O4. The van der Waals surface area contributed by atoms with Crippen LogP contribution in [0.25, 0.3) is 11.2 Å². The van der Waals surface area contributed by atoms with Crippen molar-refractivity contribution < 1.29 is 9.21 Å². The summed E-state index contributed by atoms with van der Waals surface area (Å²) >= 11 is 0. The first kappa shape index (κ1) is 20.1. The van der Waals surface area contributed by atoms with Gasteiger partial charge in [0.05, 0.1) is 12.8 Å². The van der Waals surface area contributed by atoms with Crippen LogP contribution in [0.15, 0.2) is 32.4 Å². The average Bonchev–Trinajstić information content (AvgIpc) is 3.37. The number of unbranched alkanes of at least 4 members (excludes halogenated alkanes) is 1. The molecule has 0 bridgehead atoms. The molecule has 10 heteroatoms. The van der Waals surface area contributed by atoms with Crippen molar-refractivity contribution in [1.29, 1.82) is 0 Å². The molecule has 0 atom stereocenters. The van der Waals surface area contributed by atoms with Crippen LogP contribution in [0.5, 0.6) is 0 Å². The summed E-state index contributed by atoms with van der Waals surface area (Å²) in [5, 5.41) is 0. The van der Waals surface area contributed by atoms with E-state index in [1.54, 1.807) is 33.2 Å². The van der Waals surface area contributed by atoms with Crippen LogP contribution in [-0.2, 0) is 20.1 Å². The number of rotatable bonds is 6. The highest BCUT2D eigenvalue weighted by atomic mass is 16.3. The Balaban J connectivity index is 1.51. The maximum Gasteiger partial charge on any atom is 0.330 e. The van der Waals surface area contributed by atoms with Gasteiger partial charge in [-0.1, -0.05) is 13.3 Å². The number of amides is 1. The van der Waals surface area contributed by atoms with Crippen molar-refractivity contribution in [1.82, 2.24) is 28.9 Å². The van der Waals surface area contributed by atoms with Gasteiger partial charge in [-0.3, -0.25) is 24.0 Å². The molecule has 10 nitrogen and oxygen atoms in total. The van der Waals surface area contributed by atoms with Crippen LogP contribution >= 0.6 is 0 Å². The minimum absolute atomic E-state index is 0.103. The highest BCUT2D eigenvalue weighted by molar-refractivity contribution is 5.91. The second-order valence-corrected chi connectivity index (χ2v) is 7.57. The first-order valence-electron chi connectivity index (χ1n) is 10.2. The Hall–Kier alpha value is -3.14. The van der Waals surface area contributed by atoms with E-state index in [1.807, 2.05) is 6.92 Å². The van der Waals surface area contributed by atoms with Crippen LogP contribution in [0.4, 0.5) is 0 Å². The summed E-state index contributed by atoms with van der Waals surface area (Å²) in [4.78, 5) is 48.1. The molecule has 0 aromatic carbocycles. The zero-order chi connectivity index (χ0) is 21.3. The van der Waals surface area contributed by atoms with Gasteiger partial charge in [0.25, 0.3) is 11.5 Å². The van der Waals surface area contributed by atoms with Crippen molar-refractivity contribution in [3.63, 3.8) is 0 Å². The summed E-state index contributed by atoms with van der Waals surface area (Å²) in [6.45, 7) is 5.66. The van der Waals surface area contributed by atoms with E-state index in [4.69, 9.17) is 4.42 Å². The van der Waals surface area contributed by atoms with Gasteiger partial charge >= 0.3 is 5.69 Å². The quantitative estimate of drug-likeness (QED) is 0.638. The number of piperazine rings is 1. The summed E-state index contributed by atoms with van der Waals surface area (Å²) in [5.41, 5.74) is 0.00202. The Morgan fingerprint density at radius 2 is 2.00 bits per heavy atom. The second kappa shape index (κ2) is 8.31. The largest absolute Gasteiger partial charge is 0.459 e. The van der Waals surface area contributed by atoms with E-state index in [-0.39, 0.29) is 5.91 Å². The lowest BCUT2D eigenvalue weighted by Gasteiger charge is -2.34. The molecule has 1 saturated heterocycles. The third kappa shape index (κ3) is 3.70. The van der Waals surface area contributed by atoms with Crippen molar-refractivity contribution >= 4 is 17.1 Å². The van der Waals surface area contributed by atoms with E-state index in [0.717, 1.165) is 18.7 Å².